The van der Waals surface area contributed by atoms with Crippen LogP contribution in [0.3, 0.4) is 0 Å². The molecule has 0 aliphatic carbocycles. The molecule has 7 heteroatoms. The van der Waals surface area contributed by atoms with E-state index in [4.69, 9.17) is 5.26 Å². The summed E-state index contributed by atoms with van der Waals surface area (Å²) in [6.07, 6.45) is 0.356. The maximum absolute atomic E-state index is 10.9. The zero-order valence-corrected chi connectivity index (χ0v) is 11.1. The van der Waals surface area contributed by atoms with E-state index in [1.54, 1.807) is 0 Å². The molecule has 0 aliphatic heterocycles. The average Bonchev–Trinajstić information content (AvgIpc) is 2.39. The lowest BCUT2D eigenvalue weighted by molar-refractivity contribution is -0.384. The van der Waals surface area contributed by atoms with Crippen molar-refractivity contribution in [2.45, 2.75) is 20.3 Å². The van der Waals surface area contributed by atoms with Crippen LogP contribution < -0.4 is 10.2 Å². The van der Waals surface area contributed by atoms with Gasteiger partial charge in [-0.15, -0.1) is 0 Å². The van der Waals surface area contributed by atoms with Gasteiger partial charge in [0.15, 0.2) is 0 Å². The number of nitrogens with one attached hydrogen (secondary N) is 1. The van der Waals surface area contributed by atoms with E-state index in [2.05, 4.69) is 16.4 Å². The van der Waals surface area contributed by atoms with Crippen LogP contribution in [0.5, 0.6) is 0 Å². The number of aromatic nitrogens is 1. The van der Waals surface area contributed by atoms with Crippen molar-refractivity contribution < 1.29 is 4.92 Å². The molecule has 7 nitrogen and oxygen atoms in total. The number of pyridine rings is 1. The molecule has 0 bridgehead atoms. The van der Waals surface area contributed by atoms with Gasteiger partial charge < -0.3 is 10.2 Å². The van der Waals surface area contributed by atoms with Crippen LogP contribution in [-0.2, 0) is 0 Å². The average molecular weight is 263 g/mol. The molecule has 0 spiro atoms. The zero-order valence-electron chi connectivity index (χ0n) is 11.1. The van der Waals surface area contributed by atoms with Crippen LogP contribution in [0.25, 0.3) is 0 Å². The molecule has 1 rings (SSSR count). The lowest BCUT2D eigenvalue weighted by Gasteiger charge is -2.21. The third-order valence-electron chi connectivity index (χ3n) is 2.56. The first-order valence-electron chi connectivity index (χ1n) is 6.14. The Labute approximate surface area is 112 Å². The first-order chi connectivity index (χ1) is 9.12. The number of hydrogen-bond acceptors (Lipinski definition) is 6. The summed E-state index contributed by atoms with van der Waals surface area (Å²) in [5.41, 5.74) is -0.00337. The first kappa shape index (κ1) is 14.7. The van der Waals surface area contributed by atoms with E-state index in [1.807, 2.05) is 18.7 Å². The minimum absolute atomic E-state index is 0.00337. The van der Waals surface area contributed by atoms with Gasteiger partial charge in [0.1, 0.15) is 11.6 Å². The minimum Gasteiger partial charge on any atom is -0.370 e. The molecular formula is C12H17N5O2. The van der Waals surface area contributed by atoms with E-state index < -0.39 is 4.92 Å². The van der Waals surface area contributed by atoms with Crippen molar-refractivity contribution in [1.82, 2.24) is 4.98 Å². The van der Waals surface area contributed by atoms with Crippen molar-refractivity contribution in [2.24, 2.45) is 0 Å². The SMILES string of the molecule is CCNc1cc([N+](=O)[O-])cc(N(CC)CCC#N)n1. The van der Waals surface area contributed by atoms with Crippen molar-refractivity contribution in [1.29, 1.82) is 5.26 Å². The molecule has 0 amide bonds. The maximum Gasteiger partial charge on any atom is 0.276 e. The van der Waals surface area contributed by atoms with E-state index >= 15 is 0 Å². The largest absolute Gasteiger partial charge is 0.370 e. The Morgan fingerprint density at radius 1 is 1.53 bits per heavy atom. The molecular weight excluding hydrogens is 246 g/mol. The predicted octanol–water partition coefficient (Wildman–Crippen LogP) is 2.16. The van der Waals surface area contributed by atoms with E-state index in [9.17, 15) is 10.1 Å². The normalized spacial score (nSPS) is 9.74. The molecule has 0 aliphatic rings. The molecule has 1 heterocycles. The van der Waals surface area contributed by atoms with Crippen LogP contribution in [0.15, 0.2) is 12.1 Å². The third-order valence-corrected chi connectivity index (χ3v) is 2.56. The van der Waals surface area contributed by atoms with Crippen LogP contribution in [0, 0.1) is 21.4 Å². The molecule has 0 saturated carbocycles. The van der Waals surface area contributed by atoms with E-state index in [1.165, 1.54) is 12.1 Å². The summed E-state index contributed by atoms with van der Waals surface area (Å²) in [7, 11) is 0. The van der Waals surface area contributed by atoms with Gasteiger partial charge in [0.2, 0.25) is 0 Å². The van der Waals surface area contributed by atoms with Gasteiger partial charge in [-0.2, -0.15) is 5.26 Å². The number of hydrogen-bond donors (Lipinski definition) is 1. The molecule has 0 atom stereocenters. The quantitative estimate of drug-likeness (QED) is 0.598. The van der Waals surface area contributed by atoms with Gasteiger partial charge >= 0.3 is 0 Å². The van der Waals surface area contributed by atoms with Gasteiger partial charge in [-0.25, -0.2) is 4.98 Å². The molecule has 0 aromatic carbocycles. The summed E-state index contributed by atoms with van der Waals surface area (Å²) < 4.78 is 0. The minimum atomic E-state index is -0.440. The van der Waals surface area contributed by atoms with Crippen LogP contribution >= 0.6 is 0 Å². The van der Waals surface area contributed by atoms with Crippen LogP contribution in [0.4, 0.5) is 17.3 Å². The van der Waals surface area contributed by atoms with Crippen molar-refractivity contribution in [3.63, 3.8) is 0 Å². The molecule has 102 valence electrons. The highest BCUT2D eigenvalue weighted by molar-refractivity contribution is 5.55. The number of rotatable bonds is 7. The topological polar surface area (TPSA) is 95.1 Å². The Hall–Kier alpha value is -2.36. The maximum atomic E-state index is 10.9. The first-order valence-corrected chi connectivity index (χ1v) is 6.14. The number of nitro groups is 1. The molecule has 1 aromatic rings. The smallest absolute Gasteiger partial charge is 0.276 e. The second-order valence-electron chi connectivity index (χ2n) is 3.84. The fourth-order valence-electron chi connectivity index (χ4n) is 1.66. The van der Waals surface area contributed by atoms with Crippen molar-refractivity contribution in [3.8, 4) is 6.07 Å². The van der Waals surface area contributed by atoms with Crippen molar-refractivity contribution >= 4 is 17.3 Å². The summed E-state index contributed by atoms with van der Waals surface area (Å²) in [5.74, 6) is 0.991. The van der Waals surface area contributed by atoms with Crippen molar-refractivity contribution in [2.75, 3.05) is 29.9 Å². The Balaban J connectivity index is 3.09. The van der Waals surface area contributed by atoms with Gasteiger partial charge in [-0.1, -0.05) is 0 Å². The number of nitriles is 1. The summed E-state index contributed by atoms with van der Waals surface area (Å²) >= 11 is 0. The van der Waals surface area contributed by atoms with Gasteiger partial charge in [-0.05, 0) is 13.8 Å². The van der Waals surface area contributed by atoms with Crippen LogP contribution in [-0.4, -0.2) is 29.5 Å². The van der Waals surface area contributed by atoms with Gasteiger partial charge in [0.25, 0.3) is 5.69 Å². The molecule has 0 fully saturated rings. The lowest BCUT2D eigenvalue weighted by Crippen LogP contribution is -2.25. The standard InChI is InChI=1S/C12H17N5O2/c1-3-14-11-8-10(17(18)19)9-12(15-11)16(4-2)7-5-6-13/h8-9H,3-5,7H2,1-2H3,(H,14,15). The van der Waals surface area contributed by atoms with Crippen LogP contribution in [0.2, 0.25) is 0 Å². The monoisotopic (exact) mass is 263 g/mol. The van der Waals surface area contributed by atoms with E-state index in [0.29, 0.717) is 37.7 Å². The summed E-state index contributed by atoms with van der Waals surface area (Å²) in [6, 6.07) is 4.90. The summed E-state index contributed by atoms with van der Waals surface area (Å²) in [5, 5.41) is 22.5. The Morgan fingerprint density at radius 3 is 2.79 bits per heavy atom. The highest BCUT2D eigenvalue weighted by Crippen LogP contribution is 2.23. The number of anilines is 2. The fourth-order valence-corrected chi connectivity index (χ4v) is 1.66. The predicted molar refractivity (Wildman–Crippen MR) is 73.2 cm³/mol. The summed E-state index contributed by atoms with van der Waals surface area (Å²) in [4.78, 5) is 16.6. The second kappa shape index (κ2) is 7.16. The molecule has 19 heavy (non-hydrogen) atoms. The third kappa shape index (κ3) is 4.10. The van der Waals surface area contributed by atoms with Gasteiger partial charge in [0, 0.05) is 19.6 Å². The highest BCUT2D eigenvalue weighted by Gasteiger charge is 2.14. The Bertz CT molecular complexity index is 483. The van der Waals surface area contributed by atoms with Gasteiger partial charge in [0.05, 0.1) is 29.5 Å². The molecule has 0 radical (unpaired) electrons. The van der Waals surface area contributed by atoms with E-state index in [0.717, 1.165) is 0 Å². The lowest BCUT2D eigenvalue weighted by atomic mass is 10.3. The van der Waals surface area contributed by atoms with E-state index in [-0.39, 0.29) is 5.69 Å². The van der Waals surface area contributed by atoms with Crippen LogP contribution in [0.1, 0.15) is 20.3 Å². The molecule has 1 N–H and O–H groups in total. The Morgan fingerprint density at radius 2 is 2.26 bits per heavy atom. The Kier molecular flexibility index (Phi) is 5.54. The molecule has 0 saturated heterocycles. The fraction of sp³-hybridized carbons (Fsp3) is 0.500. The second-order valence-corrected chi connectivity index (χ2v) is 3.84. The molecule has 0 unspecified atom stereocenters. The van der Waals surface area contributed by atoms with Crippen molar-refractivity contribution in [3.05, 3.63) is 22.2 Å². The summed E-state index contributed by atoms with van der Waals surface area (Å²) in [6.45, 7) is 5.60. The number of nitrogens with zero attached hydrogens (tertiary/aromatic N) is 4. The highest BCUT2D eigenvalue weighted by atomic mass is 16.6. The van der Waals surface area contributed by atoms with Gasteiger partial charge in [-0.3, -0.25) is 10.1 Å². The zero-order chi connectivity index (χ0) is 14.3. The molecule has 1 aromatic heterocycles.